The van der Waals surface area contributed by atoms with E-state index in [4.69, 9.17) is 4.74 Å². The molecule has 0 bridgehead atoms. The highest BCUT2D eigenvalue weighted by molar-refractivity contribution is 5.68. The summed E-state index contributed by atoms with van der Waals surface area (Å²) >= 11 is 0. The summed E-state index contributed by atoms with van der Waals surface area (Å²) in [5, 5.41) is 0. The zero-order chi connectivity index (χ0) is 11.5. The van der Waals surface area contributed by atoms with Gasteiger partial charge in [-0.2, -0.15) is 0 Å². The summed E-state index contributed by atoms with van der Waals surface area (Å²) in [4.78, 5) is 23.6. The van der Waals surface area contributed by atoms with Gasteiger partial charge in [-0.25, -0.2) is 9.59 Å². The van der Waals surface area contributed by atoms with Gasteiger partial charge < -0.3 is 9.64 Å². The minimum atomic E-state index is -0.460. The van der Waals surface area contributed by atoms with Gasteiger partial charge in [-0.1, -0.05) is 0 Å². The lowest BCUT2D eigenvalue weighted by molar-refractivity contribution is 0.0237. The average Bonchev–Trinajstić information content (AvgIpc) is 2.15. The molecule has 0 spiro atoms. The fourth-order valence-corrected chi connectivity index (χ4v) is 1.39. The van der Waals surface area contributed by atoms with E-state index < -0.39 is 5.60 Å². The van der Waals surface area contributed by atoms with E-state index in [0.29, 0.717) is 25.9 Å². The molecule has 1 heterocycles. The molecule has 84 valence electrons. The van der Waals surface area contributed by atoms with Crippen molar-refractivity contribution < 1.29 is 14.3 Å². The molecule has 1 rings (SSSR count). The lowest BCUT2D eigenvalue weighted by atomic mass is 10.1. The molecule has 1 aliphatic heterocycles. The second kappa shape index (κ2) is 4.49. The van der Waals surface area contributed by atoms with Crippen LogP contribution in [-0.4, -0.2) is 35.6 Å². The molecule has 0 radical (unpaired) electrons. The zero-order valence-corrected chi connectivity index (χ0v) is 9.50. The summed E-state index contributed by atoms with van der Waals surface area (Å²) < 4.78 is 5.23. The van der Waals surface area contributed by atoms with Crippen molar-refractivity contribution in [2.24, 2.45) is 0 Å². The average molecular weight is 211 g/mol. The van der Waals surface area contributed by atoms with E-state index in [9.17, 15) is 9.59 Å². The second-order valence-corrected chi connectivity index (χ2v) is 4.67. The smallest absolute Gasteiger partial charge is 0.410 e. The molecule has 0 saturated carbocycles. The highest BCUT2D eigenvalue weighted by Crippen LogP contribution is 2.16. The number of amides is 1. The fraction of sp³-hybridized carbons (Fsp3) is 0.727. The molecule has 4 nitrogen and oxygen atoms in total. The first-order chi connectivity index (χ1) is 6.92. The SMILES string of the molecule is CC(C)(C)OC(=O)N1CCC(=C=O)CC1. The molecule has 0 N–H and O–H groups in total. The molecule has 1 aliphatic rings. The molecule has 0 aromatic rings. The molecule has 0 aliphatic carbocycles. The molecule has 1 saturated heterocycles. The molecular formula is C11H17NO3. The molecule has 0 aromatic heterocycles. The maximum Gasteiger partial charge on any atom is 0.410 e. The highest BCUT2D eigenvalue weighted by Gasteiger charge is 2.24. The Hall–Kier alpha value is -1.28. The van der Waals surface area contributed by atoms with Crippen molar-refractivity contribution in [3.05, 3.63) is 5.57 Å². The number of likely N-dealkylation sites (tertiary alicyclic amines) is 1. The van der Waals surface area contributed by atoms with Crippen LogP contribution in [0.25, 0.3) is 0 Å². The minimum absolute atomic E-state index is 0.299. The van der Waals surface area contributed by atoms with Crippen LogP contribution in [0.5, 0.6) is 0 Å². The molecule has 1 amide bonds. The summed E-state index contributed by atoms with van der Waals surface area (Å²) in [5.74, 6) is 1.90. The molecule has 0 atom stereocenters. The minimum Gasteiger partial charge on any atom is -0.444 e. The van der Waals surface area contributed by atoms with Crippen LogP contribution in [0.4, 0.5) is 4.79 Å². The third-order valence-corrected chi connectivity index (χ3v) is 2.16. The lowest BCUT2D eigenvalue weighted by Crippen LogP contribution is -2.40. The topological polar surface area (TPSA) is 46.6 Å². The van der Waals surface area contributed by atoms with Crippen molar-refractivity contribution in [2.45, 2.75) is 39.2 Å². The van der Waals surface area contributed by atoms with Crippen molar-refractivity contribution in [2.75, 3.05) is 13.1 Å². The number of rotatable bonds is 0. The maximum absolute atomic E-state index is 11.6. The number of carbonyl (C=O) groups excluding carboxylic acids is 2. The Kier molecular flexibility index (Phi) is 3.53. The summed E-state index contributed by atoms with van der Waals surface area (Å²) in [6.45, 7) is 6.63. The van der Waals surface area contributed by atoms with E-state index in [-0.39, 0.29) is 6.09 Å². The number of ether oxygens (including phenoxy) is 1. The quantitative estimate of drug-likeness (QED) is 0.574. The molecule has 0 aromatic carbocycles. The number of nitrogens with zero attached hydrogens (tertiary/aromatic N) is 1. The number of hydrogen-bond acceptors (Lipinski definition) is 3. The van der Waals surface area contributed by atoms with Crippen LogP contribution >= 0.6 is 0 Å². The second-order valence-electron chi connectivity index (χ2n) is 4.67. The van der Waals surface area contributed by atoms with Crippen molar-refractivity contribution in [3.63, 3.8) is 0 Å². The largest absolute Gasteiger partial charge is 0.444 e. The van der Waals surface area contributed by atoms with Gasteiger partial charge in [-0.05, 0) is 33.6 Å². The van der Waals surface area contributed by atoms with E-state index >= 15 is 0 Å². The van der Waals surface area contributed by atoms with Crippen LogP contribution in [-0.2, 0) is 9.53 Å². The van der Waals surface area contributed by atoms with Crippen LogP contribution in [0.15, 0.2) is 5.57 Å². The summed E-state index contributed by atoms with van der Waals surface area (Å²) in [6.07, 6.45) is 0.929. The summed E-state index contributed by atoms with van der Waals surface area (Å²) in [6, 6.07) is 0. The van der Waals surface area contributed by atoms with Gasteiger partial charge in [0.1, 0.15) is 11.5 Å². The summed E-state index contributed by atoms with van der Waals surface area (Å²) in [5.41, 5.74) is 0.299. The Morgan fingerprint density at radius 1 is 1.33 bits per heavy atom. The number of carbonyl (C=O) groups is 1. The first-order valence-corrected chi connectivity index (χ1v) is 5.13. The van der Waals surface area contributed by atoms with Crippen molar-refractivity contribution in [3.8, 4) is 0 Å². The summed E-state index contributed by atoms with van der Waals surface area (Å²) in [7, 11) is 0. The van der Waals surface area contributed by atoms with E-state index in [2.05, 4.69) is 0 Å². The number of hydrogen-bond donors (Lipinski definition) is 0. The molecule has 15 heavy (non-hydrogen) atoms. The normalized spacial score (nSPS) is 17.3. The zero-order valence-electron chi connectivity index (χ0n) is 9.50. The van der Waals surface area contributed by atoms with Crippen molar-refractivity contribution in [1.82, 2.24) is 4.90 Å². The predicted octanol–water partition coefficient (Wildman–Crippen LogP) is 1.78. The molecular weight excluding hydrogens is 194 g/mol. The van der Waals surface area contributed by atoms with Crippen LogP contribution in [0.2, 0.25) is 0 Å². The standard InChI is InChI=1S/C11H17NO3/c1-11(2,3)15-10(14)12-6-4-9(8-13)5-7-12/h4-7H2,1-3H3. The van der Waals surface area contributed by atoms with Crippen molar-refractivity contribution >= 4 is 12.0 Å². The van der Waals surface area contributed by atoms with E-state index in [1.807, 2.05) is 26.7 Å². The Morgan fingerprint density at radius 3 is 2.27 bits per heavy atom. The molecule has 1 fully saturated rings. The number of piperidine rings is 1. The van der Waals surface area contributed by atoms with Gasteiger partial charge in [0.05, 0.1) is 0 Å². The maximum atomic E-state index is 11.6. The lowest BCUT2D eigenvalue weighted by Gasteiger charge is -2.30. The van der Waals surface area contributed by atoms with Crippen LogP contribution in [0, 0.1) is 0 Å². The fourth-order valence-electron chi connectivity index (χ4n) is 1.39. The third-order valence-electron chi connectivity index (χ3n) is 2.16. The van der Waals surface area contributed by atoms with E-state index in [1.165, 1.54) is 0 Å². The Bertz CT molecular complexity index is 287. The first-order valence-electron chi connectivity index (χ1n) is 5.13. The highest BCUT2D eigenvalue weighted by atomic mass is 16.6. The third kappa shape index (κ3) is 3.76. The van der Waals surface area contributed by atoms with Gasteiger partial charge in [-0.15, -0.1) is 0 Å². The Morgan fingerprint density at radius 2 is 1.87 bits per heavy atom. The van der Waals surface area contributed by atoms with Gasteiger partial charge in [0, 0.05) is 18.7 Å². The van der Waals surface area contributed by atoms with Gasteiger partial charge in [0.25, 0.3) is 0 Å². The van der Waals surface area contributed by atoms with Crippen LogP contribution in [0.3, 0.4) is 0 Å². The predicted molar refractivity (Wildman–Crippen MR) is 56.2 cm³/mol. The first kappa shape index (κ1) is 11.8. The van der Waals surface area contributed by atoms with Crippen molar-refractivity contribution in [1.29, 1.82) is 0 Å². The Labute approximate surface area is 89.9 Å². The Balaban J connectivity index is 2.47. The van der Waals surface area contributed by atoms with Gasteiger partial charge in [-0.3, -0.25) is 0 Å². The molecule has 0 unspecified atom stereocenters. The van der Waals surface area contributed by atoms with E-state index in [1.54, 1.807) is 4.90 Å². The van der Waals surface area contributed by atoms with Gasteiger partial charge in [0.2, 0.25) is 0 Å². The van der Waals surface area contributed by atoms with E-state index in [0.717, 1.165) is 5.57 Å². The van der Waals surface area contributed by atoms with Crippen LogP contribution < -0.4 is 0 Å². The molecule has 4 heteroatoms. The van der Waals surface area contributed by atoms with Crippen LogP contribution in [0.1, 0.15) is 33.6 Å². The van der Waals surface area contributed by atoms with Gasteiger partial charge in [0.15, 0.2) is 0 Å². The van der Waals surface area contributed by atoms with Gasteiger partial charge >= 0.3 is 6.09 Å². The monoisotopic (exact) mass is 211 g/mol.